The molecule has 0 aliphatic carbocycles. The van der Waals surface area contributed by atoms with Crippen LogP contribution in [0.25, 0.3) is 0 Å². The fourth-order valence-electron chi connectivity index (χ4n) is 4.98. The van der Waals surface area contributed by atoms with E-state index in [1.165, 1.54) is 0 Å². The van der Waals surface area contributed by atoms with Crippen molar-refractivity contribution in [3.63, 3.8) is 0 Å². The van der Waals surface area contributed by atoms with Crippen LogP contribution in [0.4, 0.5) is 10.5 Å². The van der Waals surface area contributed by atoms with Gasteiger partial charge in [-0.05, 0) is 35.2 Å². The second kappa shape index (κ2) is 12.5. The smallest absolute Gasteiger partial charge is 0.319 e. The van der Waals surface area contributed by atoms with Crippen LogP contribution >= 0.6 is 0 Å². The SMILES string of the molecule is O=C(NCc1ccccc1)Nc1ccc([C@H]2O[C@@H](CN3CC[C@H](O)C3)C[C@@H](c3ccc(CO)cc3)O2)cc1. The van der Waals surface area contributed by atoms with Crippen molar-refractivity contribution >= 4 is 11.7 Å². The summed E-state index contributed by atoms with van der Waals surface area (Å²) in [5.74, 6) is 0. The van der Waals surface area contributed by atoms with Gasteiger partial charge in [-0.25, -0.2) is 4.79 Å². The number of likely N-dealkylation sites (tertiary alicyclic amines) is 1. The number of aliphatic hydroxyl groups excluding tert-OH is 2. The van der Waals surface area contributed by atoms with Gasteiger partial charge in [0.05, 0.1) is 24.9 Å². The van der Waals surface area contributed by atoms with Gasteiger partial charge in [0.25, 0.3) is 0 Å². The molecule has 2 fully saturated rings. The molecule has 0 spiro atoms. The van der Waals surface area contributed by atoms with E-state index in [9.17, 15) is 15.0 Å². The van der Waals surface area contributed by atoms with E-state index in [1.54, 1.807) is 0 Å². The molecule has 2 saturated heterocycles. The van der Waals surface area contributed by atoms with E-state index in [2.05, 4.69) is 15.5 Å². The van der Waals surface area contributed by atoms with E-state index in [1.807, 2.05) is 78.9 Å². The Balaban J connectivity index is 1.24. The standard InChI is InChI=1S/C30H35N3O5/c34-20-22-6-8-23(9-7-22)28-16-27(19-33-15-14-26(35)18-33)37-29(38-28)24-10-12-25(13-11-24)32-30(36)31-17-21-4-2-1-3-5-21/h1-13,26-29,34-35H,14-20H2,(H2,31,32,36)/t26-,27+,28-,29-/m0/s1. The van der Waals surface area contributed by atoms with Crippen molar-refractivity contribution in [2.45, 2.75) is 50.6 Å². The molecule has 0 aromatic heterocycles. The molecule has 0 saturated carbocycles. The van der Waals surface area contributed by atoms with Gasteiger partial charge in [0.1, 0.15) is 0 Å². The van der Waals surface area contributed by atoms with Crippen molar-refractivity contribution in [3.8, 4) is 0 Å². The van der Waals surface area contributed by atoms with Gasteiger partial charge in [-0.15, -0.1) is 0 Å². The van der Waals surface area contributed by atoms with Crippen LogP contribution in [-0.4, -0.2) is 53.0 Å². The summed E-state index contributed by atoms with van der Waals surface area (Å²) in [6, 6.07) is 24.8. The van der Waals surface area contributed by atoms with Gasteiger partial charge in [0.15, 0.2) is 6.29 Å². The van der Waals surface area contributed by atoms with Crippen LogP contribution < -0.4 is 10.6 Å². The summed E-state index contributed by atoms with van der Waals surface area (Å²) in [6.07, 6.45) is 0.403. The van der Waals surface area contributed by atoms with Crippen LogP contribution in [-0.2, 0) is 22.6 Å². The van der Waals surface area contributed by atoms with Gasteiger partial charge in [-0.2, -0.15) is 0 Å². The highest BCUT2D eigenvalue weighted by Gasteiger charge is 2.34. The normalized spacial score (nSPS) is 23.7. The molecule has 2 amide bonds. The predicted molar refractivity (Wildman–Crippen MR) is 144 cm³/mol. The molecule has 8 nitrogen and oxygen atoms in total. The number of rotatable bonds is 8. The predicted octanol–water partition coefficient (Wildman–Crippen LogP) is 4.11. The number of carbonyl (C=O) groups excluding carboxylic acids is 1. The lowest BCUT2D eigenvalue weighted by atomic mass is 9.99. The zero-order valence-electron chi connectivity index (χ0n) is 21.3. The highest BCUT2D eigenvalue weighted by molar-refractivity contribution is 5.89. The highest BCUT2D eigenvalue weighted by atomic mass is 16.7. The lowest BCUT2D eigenvalue weighted by molar-refractivity contribution is -0.252. The number of hydrogen-bond acceptors (Lipinski definition) is 6. The Kier molecular flexibility index (Phi) is 8.68. The van der Waals surface area contributed by atoms with Crippen LogP contribution in [0.1, 0.15) is 47.5 Å². The molecule has 4 N–H and O–H groups in total. The summed E-state index contributed by atoms with van der Waals surface area (Å²) in [4.78, 5) is 14.6. The number of benzene rings is 3. The van der Waals surface area contributed by atoms with E-state index in [0.717, 1.165) is 41.8 Å². The molecule has 2 aliphatic heterocycles. The van der Waals surface area contributed by atoms with Crippen molar-refractivity contribution in [2.24, 2.45) is 0 Å². The van der Waals surface area contributed by atoms with E-state index in [4.69, 9.17) is 9.47 Å². The van der Waals surface area contributed by atoms with E-state index in [0.29, 0.717) is 25.2 Å². The Morgan fingerprint density at radius 2 is 1.66 bits per heavy atom. The number of amides is 2. The molecule has 3 aromatic carbocycles. The summed E-state index contributed by atoms with van der Waals surface area (Å²) < 4.78 is 12.8. The second-order valence-corrected chi connectivity index (χ2v) is 9.97. The Morgan fingerprint density at radius 1 is 0.921 bits per heavy atom. The van der Waals surface area contributed by atoms with Gasteiger partial charge in [0.2, 0.25) is 0 Å². The minimum Gasteiger partial charge on any atom is -0.392 e. The number of carbonyl (C=O) groups is 1. The molecular formula is C30H35N3O5. The Bertz CT molecular complexity index is 1170. The van der Waals surface area contributed by atoms with E-state index in [-0.39, 0.29) is 30.9 Å². The van der Waals surface area contributed by atoms with Crippen molar-refractivity contribution in [1.82, 2.24) is 10.2 Å². The maximum atomic E-state index is 12.3. The first-order valence-corrected chi connectivity index (χ1v) is 13.2. The topological polar surface area (TPSA) is 103 Å². The molecule has 2 heterocycles. The van der Waals surface area contributed by atoms with Gasteiger partial charge in [-0.3, -0.25) is 4.90 Å². The first-order valence-electron chi connectivity index (χ1n) is 13.2. The Morgan fingerprint density at radius 3 is 2.34 bits per heavy atom. The molecular weight excluding hydrogens is 482 g/mol. The Labute approximate surface area is 223 Å². The molecule has 0 bridgehead atoms. The molecule has 5 rings (SSSR count). The first-order chi connectivity index (χ1) is 18.6. The molecule has 38 heavy (non-hydrogen) atoms. The fourth-order valence-corrected chi connectivity index (χ4v) is 4.98. The second-order valence-electron chi connectivity index (χ2n) is 9.97. The third-order valence-corrected chi connectivity index (χ3v) is 7.06. The minimum absolute atomic E-state index is 0.00210. The maximum Gasteiger partial charge on any atom is 0.319 e. The summed E-state index contributed by atoms with van der Waals surface area (Å²) in [7, 11) is 0. The van der Waals surface area contributed by atoms with Crippen LogP contribution in [0, 0.1) is 0 Å². The third-order valence-electron chi connectivity index (χ3n) is 7.06. The summed E-state index contributed by atoms with van der Waals surface area (Å²) >= 11 is 0. The van der Waals surface area contributed by atoms with Crippen LogP contribution in [0.5, 0.6) is 0 Å². The van der Waals surface area contributed by atoms with Crippen LogP contribution in [0.15, 0.2) is 78.9 Å². The van der Waals surface area contributed by atoms with Crippen LogP contribution in [0.3, 0.4) is 0 Å². The quantitative estimate of drug-likeness (QED) is 0.359. The van der Waals surface area contributed by atoms with Gasteiger partial charge < -0.3 is 30.3 Å². The first kappa shape index (κ1) is 26.3. The molecule has 0 unspecified atom stereocenters. The lowest BCUT2D eigenvalue weighted by Gasteiger charge is -2.37. The molecule has 0 radical (unpaired) electrons. The zero-order chi connectivity index (χ0) is 26.3. The average molecular weight is 518 g/mol. The van der Waals surface area contributed by atoms with E-state index >= 15 is 0 Å². The number of nitrogens with one attached hydrogen (secondary N) is 2. The number of urea groups is 1. The average Bonchev–Trinajstić information content (AvgIpc) is 3.37. The van der Waals surface area contributed by atoms with Gasteiger partial charge in [0, 0.05) is 43.9 Å². The monoisotopic (exact) mass is 517 g/mol. The number of nitrogens with zero attached hydrogens (tertiary/aromatic N) is 1. The van der Waals surface area contributed by atoms with Crippen LogP contribution in [0.2, 0.25) is 0 Å². The summed E-state index contributed by atoms with van der Waals surface area (Å²) in [5.41, 5.74) is 4.46. The van der Waals surface area contributed by atoms with Crippen molar-refractivity contribution in [2.75, 3.05) is 25.0 Å². The number of β-amino-alcohol motifs (C(OH)–C–C–N with tert-alkyl or cyclic N) is 1. The molecule has 8 heteroatoms. The largest absolute Gasteiger partial charge is 0.392 e. The lowest BCUT2D eigenvalue weighted by Crippen LogP contribution is -2.38. The molecule has 2 aliphatic rings. The maximum absolute atomic E-state index is 12.3. The Hall–Kier alpha value is -3.27. The summed E-state index contributed by atoms with van der Waals surface area (Å²) in [6.45, 7) is 2.69. The fraction of sp³-hybridized carbons (Fsp3) is 0.367. The molecule has 200 valence electrons. The number of aliphatic hydroxyl groups is 2. The summed E-state index contributed by atoms with van der Waals surface area (Å²) in [5, 5.41) is 25.1. The third kappa shape index (κ3) is 6.98. The van der Waals surface area contributed by atoms with Crippen molar-refractivity contribution in [1.29, 1.82) is 0 Å². The van der Waals surface area contributed by atoms with E-state index < -0.39 is 6.29 Å². The van der Waals surface area contributed by atoms with Gasteiger partial charge in [-0.1, -0.05) is 66.7 Å². The zero-order valence-corrected chi connectivity index (χ0v) is 21.3. The number of anilines is 1. The number of ether oxygens (including phenoxy) is 2. The van der Waals surface area contributed by atoms with Crippen molar-refractivity contribution < 1.29 is 24.5 Å². The van der Waals surface area contributed by atoms with Gasteiger partial charge >= 0.3 is 6.03 Å². The number of hydrogen-bond donors (Lipinski definition) is 4. The van der Waals surface area contributed by atoms with Crippen molar-refractivity contribution in [3.05, 3.63) is 101 Å². The molecule has 4 atom stereocenters. The minimum atomic E-state index is -0.565. The molecule has 3 aromatic rings. The highest BCUT2D eigenvalue weighted by Crippen LogP contribution is 2.38.